The minimum absolute atomic E-state index is 0.128. The SMILES string of the molecule is Cc1ncn(C[C@H](O)CO[C@H](C)c2ccc(Cl)cc2)c(=O)c1C. The lowest BCUT2D eigenvalue weighted by molar-refractivity contribution is -0.00918. The summed E-state index contributed by atoms with van der Waals surface area (Å²) in [6, 6.07) is 7.37. The fourth-order valence-electron chi connectivity index (χ4n) is 2.17. The van der Waals surface area contributed by atoms with E-state index in [0.29, 0.717) is 16.3 Å². The summed E-state index contributed by atoms with van der Waals surface area (Å²) in [4.78, 5) is 16.2. The normalized spacial score (nSPS) is 13.8. The van der Waals surface area contributed by atoms with Gasteiger partial charge in [-0.2, -0.15) is 0 Å². The number of rotatable bonds is 6. The molecule has 1 N–H and O–H groups in total. The average Bonchev–Trinajstić information content (AvgIpc) is 2.54. The van der Waals surface area contributed by atoms with Crippen molar-refractivity contribution < 1.29 is 9.84 Å². The maximum Gasteiger partial charge on any atom is 0.256 e. The van der Waals surface area contributed by atoms with Gasteiger partial charge in [0, 0.05) is 16.3 Å². The summed E-state index contributed by atoms with van der Waals surface area (Å²) in [5.74, 6) is 0. The smallest absolute Gasteiger partial charge is 0.256 e. The molecule has 1 heterocycles. The van der Waals surface area contributed by atoms with Gasteiger partial charge in [0.25, 0.3) is 5.56 Å². The van der Waals surface area contributed by atoms with Crippen molar-refractivity contribution in [1.82, 2.24) is 9.55 Å². The summed E-state index contributed by atoms with van der Waals surface area (Å²) in [5, 5.41) is 10.8. The molecule has 0 bridgehead atoms. The van der Waals surface area contributed by atoms with Crippen LogP contribution in [0, 0.1) is 13.8 Å². The van der Waals surface area contributed by atoms with E-state index in [9.17, 15) is 9.90 Å². The monoisotopic (exact) mass is 336 g/mol. The van der Waals surface area contributed by atoms with Gasteiger partial charge >= 0.3 is 0 Å². The van der Waals surface area contributed by atoms with E-state index in [2.05, 4.69) is 4.98 Å². The Kier molecular flexibility index (Phi) is 5.93. The van der Waals surface area contributed by atoms with E-state index in [1.165, 1.54) is 10.9 Å². The third-order valence-electron chi connectivity index (χ3n) is 3.80. The zero-order valence-electron chi connectivity index (χ0n) is 13.5. The van der Waals surface area contributed by atoms with Crippen LogP contribution >= 0.6 is 11.6 Å². The van der Waals surface area contributed by atoms with Gasteiger partial charge < -0.3 is 9.84 Å². The molecule has 0 saturated carbocycles. The predicted octanol–water partition coefficient (Wildman–Crippen LogP) is 2.65. The Morgan fingerprint density at radius 1 is 1.30 bits per heavy atom. The first-order chi connectivity index (χ1) is 10.9. The van der Waals surface area contributed by atoms with Crippen LogP contribution in [0.4, 0.5) is 0 Å². The predicted molar refractivity (Wildman–Crippen MR) is 89.8 cm³/mol. The summed E-state index contributed by atoms with van der Waals surface area (Å²) in [6.45, 7) is 5.70. The summed E-state index contributed by atoms with van der Waals surface area (Å²) in [7, 11) is 0. The third kappa shape index (κ3) is 4.64. The number of aliphatic hydroxyl groups is 1. The molecule has 0 saturated heterocycles. The van der Waals surface area contributed by atoms with Gasteiger partial charge in [-0.05, 0) is 38.5 Å². The molecule has 2 aromatic rings. The fraction of sp³-hybridized carbons (Fsp3) is 0.412. The average molecular weight is 337 g/mol. The number of hydrogen-bond acceptors (Lipinski definition) is 4. The van der Waals surface area contributed by atoms with Crippen LogP contribution in [-0.2, 0) is 11.3 Å². The summed E-state index contributed by atoms with van der Waals surface area (Å²) in [5.41, 5.74) is 2.14. The van der Waals surface area contributed by atoms with Crippen LogP contribution in [0.3, 0.4) is 0 Å². The van der Waals surface area contributed by atoms with Gasteiger partial charge in [-0.15, -0.1) is 0 Å². The Hall–Kier alpha value is -1.69. The Morgan fingerprint density at radius 3 is 2.61 bits per heavy atom. The third-order valence-corrected chi connectivity index (χ3v) is 4.05. The molecule has 0 amide bonds. The van der Waals surface area contributed by atoms with Gasteiger partial charge in [0.2, 0.25) is 0 Å². The summed E-state index contributed by atoms with van der Waals surface area (Å²) < 4.78 is 7.07. The molecular formula is C17H21ClN2O3. The molecule has 0 radical (unpaired) electrons. The van der Waals surface area contributed by atoms with E-state index < -0.39 is 6.10 Å². The highest BCUT2D eigenvalue weighted by molar-refractivity contribution is 6.30. The number of aromatic nitrogens is 2. The van der Waals surface area contributed by atoms with Crippen LogP contribution in [0.25, 0.3) is 0 Å². The Labute approximate surface area is 140 Å². The zero-order valence-corrected chi connectivity index (χ0v) is 14.2. The first-order valence-corrected chi connectivity index (χ1v) is 7.84. The van der Waals surface area contributed by atoms with E-state index in [4.69, 9.17) is 16.3 Å². The van der Waals surface area contributed by atoms with Crippen molar-refractivity contribution in [3.05, 3.63) is 62.8 Å². The lowest BCUT2D eigenvalue weighted by atomic mass is 10.1. The van der Waals surface area contributed by atoms with E-state index in [1.54, 1.807) is 26.0 Å². The molecule has 0 aliphatic rings. The molecule has 0 aliphatic heterocycles. The molecule has 5 nitrogen and oxygen atoms in total. The van der Waals surface area contributed by atoms with Crippen LogP contribution in [0.5, 0.6) is 0 Å². The molecule has 0 fully saturated rings. The summed E-state index contributed by atoms with van der Waals surface area (Å²) >= 11 is 5.85. The van der Waals surface area contributed by atoms with Gasteiger partial charge in [-0.25, -0.2) is 4.98 Å². The first kappa shape index (κ1) is 17.7. The second kappa shape index (κ2) is 7.73. The molecule has 1 aromatic carbocycles. The molecule has 0 spiro atoms. The number of aliphatic hydroxyl groups excluding tert-OH is 1. The van der Waals surface area contributed by atoms with Crippen LogP contribution in [0.1, 0.15) is 29.8 Å². The molecule has 23 heavy (non-hydrogen) atoms. The maximum atomic E-state index is 12.1. The van der Waals surface area contributed by atoms with Crippen LogP contribution in [-0.4, -0.2) is 27.4 Å². The molecule has 124 valence electrons. The second-order valence-corrected chi connectivity index (χ2v) is 6.03. The van der Waals surface area contributed by atoms with Gasteiger partial charge in [-0.1, -0.05) is 23.7 Å². The molecule has 2 rings (SSSR count). The first-order valence-electron chi connectivity index (χ1n) is 7.46. The minimum atomic E-state index is -0.786. The van der Waals surface area contributed by atoms with Crippen molar-refractivity contribution in [2.24, 2.45) is 0 Å². The standard InChI is InChI=1S/C17H21ClN2O3/c1-11-12(2)19-10-20(17(11)22)8-16(21)9-23-13(3)14-4-6-15(18)7-5-14/h4-7,10,13,16,21H,8-9H2,1-3H3/t13-,16+/m1/s1. The topological polar surface area (TPSA) is 64.3 Å². The zero-order chi connectivity index (χ0) is 17.0. The molecule has 1 aromatic heterocycles. The highest BCUT2D eigenvalue weighted by Gasteiger charge is 2.12. The van der Waals surface area contributed by atoms with Gasteiger partial charge in [-0.3, -0.25) is 9.36 Å². The van der Waals surface area contributed by atoms with E-state index >= 15 is 0 Å². The van der Waals surface area contributed by atoms with Crippen LogP contribution in [0.2, 0.25) is 5.02 Å². The highest BCUT2D eigenvalue weighted by atomic mass is 35.5. The number of halogens is 1. The van der Waals surface area contributed by atoms with Gasteiger partial charge in [0.15, 0.2) is 0 Å². The van der Waals surface area contributed by atoms with Gasteiger partial charge in [0.05, 0.1) is 31.7 Å². The lowest BCUT2D eigenvalue weighted by Crippen LogP contribution is -2.31. The number of nitrogens with zero attached hydrogens (tertiary/aromatic N) is 2. The van der Waals surface area contributed by atoms with E-state index in [1.807, 2.05) is 19.1 Å². The van der Waals surface area contributed by atoms with Crippen molar-refractivity contribution in [2.75, 3.05) is 6.61 Å². The number of hydrogen-bond donors (Lipinski definition) is 1. The van der Waals surface area contributed by atoms with Gasteiger partial charge in [0.1, 0.15) is 0 Å². The quantitative estimate of drug-likeness (QED) is 0.880. The minimum Gasteiger partial charge on any atom is -0.389 e. The molecule has 0 unspecified atom stereocenters. The number of benzene rings is 1. The Bertz CT molecular complexity index is 713. The largest absolute Gasteiger partial charge is 0.389 e. The molecule has 0 aliphatic carbocycles. The van der Waals surface area contributed by atoms with Crippen LogP contribution in [0.15, 0.2) is 35.4 Å². The molecular weight excluding hydrogens is 316 g/mol. The fourth-order valence-corrected chi connectivity index (χ4v) is 2.30. The van der Waals surface area contributed by atoms with Crippen molar-refractivity contribution in [1.29, 1.82) is 0 Å². The second-order valence-electron chi connectivity index (χ2n) is 5.59. The van der Waals surface area contributed by atoms with E-state index in [-0.39, 0.29) is 24.8 Å². The van der Waals surface area contributed by atoms with Crippen LogP contribution < -0.4 is 5.56 Å². The lowest BCUT2D eigenvalue weighted by Gasteiger charge is -2.18. The van der Waals surface area contributed by atoms with E-state index in [0.717, 1.165) is 5.56 Å². The summed E-state index contributed by atoms with van der Waals surface area (Å²) in [6.07, 6.45) is 0.499. The highest BCUT2D eigenvalue weighted by Crippen LogP contribution is 2.19. The molecule has 2 atom stereocenters. The van der Waals surface area contributed by atoms with Crippen molar-refractivity contribution in [3.63, 3.8) is 0 Å². The Morgan fingerprint density at radius 2 is 1.96 bits per heavy atom. The Balaban J connectivity index is 1.92. The molecule has 6 heteroatoms. The van der Waals surface area contributed by atoms with Crippen molar-refractivity contribution in [3.8, 4) is 0 Å². The number of ether oxygens (including phenoxy) is 1. The number of aryl methyl sites for hydroxylation is 1. The maximum absolute atomic E-state index is 12.1. The van der Waals surface area contributed by atoms with Crippen molar-refractivity contribution >= 4 is 11.6 Å². The van der Waals surface area contributed by atoms with Crippen molar-refractivity contribution in [2.45, 2.75) is 39.5 Å².